The smallest absolute Gasteiger partial charge is 0.408 e. The van der Waals surface area contributed by atoms with Crippen molar-refractivity contribution in [2.45, 2.75) is 25.7 Å². The SMILES string of the molecule is O=C(O)c1ccccc1C(=O)NCCn1cc(-c2ccc3c(c2)OCCC2=C3CN(c3ncnn3CC(F)(F)F)S2)cn1. The molecule has 0 aliphatic carbocycles. The first-order valence-corrected chi connectivity index (χ1v) is 14.0. The molecule has 4 aromatic rings. The molecule has 6 rings (SSSR count). The molecule has 4 heterocycles. The third-order valence-corrected chi connectivity index (χ3v) is 8.08. The van der Waals surface area contributed by atoms with Gasteiger partial charge < -0.3 is 15.2 Å². The maximum absolute atomic E-state index is 13.0. The van der Waals surface area contributed by atoms with Gasteiger partial charge >= 0.3 is 12.1 Å². The van der Waals surface area contributed by atoms with Crippen molar-refractivity contribution < 1.29 is 32.6 Å². The monoisotopic (exact) mass is 611 g/mol. The summed E-state index contributed by atoms with van der Waals surface area (Å²) in [5.74, 6) is -0.844. The highest BCUT2D eigenvalue weighted by Gasteiger charge is 2.34. The van der Waals surface area contributed by atoms with Gasteiger partial charge in [-0.15, -0.1) is 0 Å². The van der Waals surface area contributed by atoms with Crippen LogP contribution in [0, 0.1) is 0 Å². The van der Waals surface area contributed by atoms with E-state index >= 15 is 0 Å². The van der Waals surface area contributed by atoms with Gasteiger partial charge in [0.05, 0.1) is 37.0 Å². The number of aromatic carboxylic acids is 1. The van der Waals surface area contributed by atoms with Crippen molar-refractivity contribution in [2.24, 2.45) is 0 Å². The van der Waals surface area contributed by atoms with Crippen LogP contribution in [0.2, 0.25) is 0 Å². The molecule has 0 fully saturated rings. The highest BCUT2D eigenvalue weighted by Crippen LogP contribution is 2.46. The van der Waals surface area contributed by atoms with Gasteiger partial charge in [-0.3, -0.25) is 13.8 Å². The average Bonchev–Trinajstić information content (AvgIpc) is 3.70. The molecule has 2 N–H and O–H groups in total. The van der Waals surface area contributed by atoms with E-state index in [1.54, 1.807) is 27.3 Å². The normalized spacial score (nSPS) is 14.6. The van der Waals surface area contributed by atoms with Crippen molar-refractivity contribution in [3.05, 3.63) is 82.8 Å². The van der Waals surface area contributed by atoms with Crippen molar-refractivity contribution in [2.75, 3.05) is 24.0 Å². The number of halogens is 3. The van der Waals surface area contributed by atoms with Crippen molar-refractivity contribution in [3.8, 4) is 16.9 Å². The van der Waals surface area contributed by atoms with Crippen LogP contribution in [0.15, 0.2) is 66.1 Å². The zero-order chi connectivity index (χ0) is 30.1. The van der Waals surface area contributed by atoms with Gasteiger partial charge in [0, 0.05) is 35.2 Å². The minimum absolute atomic E-state index is 0.0664. The Balaban J connectivity index is 1.12. The number of amides is 1. The molecule has 2 aromatic heterocycles. The van der Waals surface area contributed by atoms with Crippen molar-refractivity contribution in [1.82, 2.24) is 29.9 Å². The van der Waals surface area contributed by atoms with E-state index in [9.17, 15) is 27.9 Å². The summed E-state index contributed by atoms with van der Waals surface area (Å²) >= 11 is 1.35. The number of benzene rings is 2. The number of aromatic nitrogens is 5. The summed E-state index contributed by atoms with van der Waals surface area (Å²) in [5.41, 5.74) is 3.55. The summed E-state index contributed by atoms with van der Waals surface area (Å²) in [7, 11) is 0. The maximum atomic E-state index is 13.0. The Morgan fingerprint density at radius 2 is 1.91 bits per heavy atom. The number of hydrogen-bond donors (Lipinski definition) is 2. The van der Waals surface area contributed by atoms with Gasteiger partial charge in [0.1, 0.15) is 18.6 Å². The van der Waals surface area contributed by atoms with Gasteiger partial charge in [-0.05, 0) is 41.3 Å². The summed E-state index contributed by atoms with van der Waals surface area (Å²) in [6.45, 7) is 0.155. The van der Waals surface area contributed by atoms with E-state index in [0.29, 0.717) is 31.9 Å². The van der Waals surface area contributed by atoms with Crippen LogP contribution in [0.5, 0.6) is 5.75 Å². The predicted molar refractivity (Wildman–Crippen MR) is 151 cm³/mol. The number of rotatable bonds is 8. The van der Waals surface area contributed by atoms with Crippen LogP contribution in [0.3, 0.4) is 0 Å². The van der Waals surface area contributed by atoms with Crippen LogP contribution in [-0.4, -0.2) is 67.4 Å². The maximum Gasteiger partial charge on any atom is 0.408 e. The number of alkyl halides is 3. The number of nitrogens with one attached hydrogen (secondary N) is 1. The molecule has 1 amide bonds. The van der Waals surface area contributed by atoms with Crippen LogP contribution in [-0.2, 0) is 13.1 Å². The van der Waals surface area contributed by atoms with Gasteiger partial charge in [0.2, 0.25) is 5.95 Å². The van der Waals surface area contributed by atoms with Crippen LogP contribution in [0.4, 0.5) is 19.1 Å². The van der Waals surface area contributed by atoms with Gasteiger partial charge in [-0.2, -0.15) is 28.4 Å². The molecular formula is C28H24F3N7O4S. The predicted octanol–water partition coefficient (Wildman–Crippen LogP) is 4.49. The lowest BCUT2D eigenvalue weighted by Crippen LogP contribution is -2.28. The van der Waals surface area contributed by atoms with Crippen molar-refractivity contribution >= 4 is 35.3 Å². The molecule has 43 heavy (non-hydrogen) atoms. The molecule has 0 spiro atoms. The zero-order valence-electron chi connectivity index (χ0n) is 22.4. The Hall–Kier alpha value is -4.79. The van der Waals surface area contributed by atoms with Crippen LogP contribution < -0.4 is 14.4 Å². The fourth-order valence-corrected chi connectivity index (χ4v) is 6.08. The Morgan fingerprint density at radius 1 is 1.09 bits per heavy atom. The number of carboxylic acid groups (broad SMARTS) is 1. The van der Waals surface area contributed by atoms with Crippen molar-refractivity contribution in [3.63, 3.8) is 0 Å². The molecule has 0 atom stereocenters. The third-order valence-electron chi connectivity index (χ3n) is 6.89. The zero-order valence-corrected chi connectivity index (χ0v) is 23.2. The van der Waals surface area contributed by atoms with Gasteiger partial charge in [-0.25, -0.2) is 9.48 Å². The molecular weight excluding hydrogens is 587 g/mol. The number of carbonyl (C=O) groups is 2. The largest absolute Gasteiger partial charge is 0.493 e. The van der Waals surface area contributed by atoms with E-state index in [1.165, 1.54) is 24.1 Å². The lowest BCUT2D eigenvalue weighted by Gasteiger charge is -2.19. The van der Waals surface area contributed by atoms with E-state index in [-0.39, 0.29) is 23.6 Å². The molecule has 2 aliphatic rings. The summed E-state index contributed by atoms with van der Waals surface area (Å²) in [6, 6.07) is 11.8. The van der Waals surface area contributed by atoms with Gasteiger partial charge in [0.15, 0.2) is 0 Å². The topological polar surface area (TPSA) is 127 Å². The molecule has 11 nitrogen and oxygen atoms in total. The number of ether oxygens (including phenoxy) is 1. The Labute approximate surface area is 247 Å². The van der Waals surface area contributed by atoms with Gasteiger partial charge in [0.25, 0.3) is 5.91 Å². The quantitative estimate of drug-likeness (QED) is 0.277. The highest BCUT2D eigenvalue weighted by molar-refractivity contribution is 8.04. The number of carboxylic acids is 1. The molecule has 0 bridgehead atoms. The molecule has 222 valence electrons. The summed E-state index contributed by atoms with van der Waals surface area (Å²) < 4.78 is 49.4. The number of anilines is 1. The van der Waals surface area contributed by atoms with Crippen LogP contribution in [0.25, 0.3) is 16.7 Å². The Bertz CT molecular complexity index is 1730. The lowest BCUT2D eigenvalue weighted by atomic mass is 10.00. The molecule has 0 unspecified atom stereocenters. The minimum atomic E-state index is -4.41. The lowest BCUT2D eigenvalue weighted by molar-refractivity contribution is -0.142. The van der Waals surface area contributed by atoms with Crippen LogP contribution >= 0.6 is 11.9 Å². The number of fused-ring (bicyclic) bond motifs is 2. The fraction of sp³-hybridized carbons (Fsp3) is 0.250. The second-order valence-electron chi connectivity index (χ2n) is 9.77. The highest BCUT2D eigenvalue weighted by atomic mass is 32.2. The molecule has 2 aliphatic heterocycles. The summed E-state index contributed by atoms with van der Waals surface area (Å²) in [5, 5.41) is 20.2. The molecule has 15 heteroatoms. The second kappa shape index (κ2) is 11.5. The molecule has 0 saturated carbocycles. The minimum Gasteiger partial charge on any atom is -0.493 e. The van der Waals surface area contributed by atoms with Crippen molar-refractivity contribution in [1.29, 1.82) is 0 Å². The Morgan fingerprint density at radius 3 is 2.70 bits per heavy atom. The van der Waals surface area contributed by atoms with E-state index < -0.39 is 24.6 Å². The Kier molecular flexibility index (Phi) is 7.56. The molecule has 0 saturated heterocycles. The van der Waals surface area contributed by atoms with E-state index in [4.69, 9.17) is 4.74 Å². The third kappa shape index (κ3) is 6.07. The average molecular weight is 612 g/mol. The molecule has 0 radical (unpaired) electrons. The number of nitrogens with zero attached hydrogens (tertiary/aromatic N) is 6. The van der Waals surface area contributed by atoms with E-state index in [1.807, 2.05) is 24.4 Å². The van der Waals surface area contributed by atoms with E-state index in [2.05, 4.69) is 20.5 Å². The first kappa shape index (κ1) is 28.3. The number of carbonyl (C=O) groups excluding carboxylic acids is 1. The summed E-state index contributed by atoms with van der Waals surface area (Å²) in [4.78, 5) is 29.0. The number of hydrogen-bond acceptors (Lipinski definition) is 8. The van der Waals surface area contributed by atoms with Crippen LogP contribution in [0.1, 0.15) is 32.7 Å². The standard InChI is InChI=1S/C28H24F3N7O4S/c29-28(30,31)15-37-27(33-16-35-37)38-14-22-19-6-5-17(11-23(19)42-10-7-24(22)43-38)18-12-34-36(13-18)9-8-32-25(39)20-3-1-2-4-21(20)26(40)41/h1-6,11-13,16H,7-10,14-15H2,(H,32,39)(H,40,41). The van der Waals surface area contributed by atoms with E-state index in [0.717, 1.165) is 38.2 Å². The first-order valence-electron chi connectivity index (χ1n) is 13.2. The fourth-order valence-electron chi connectivity index (χ4n) is 4.93. The molecule has 2 aromatic carbocycles. The van der Waals surface area contributed by atoms with Gasteiger partial charge in [-0.1, -0.05) is 24.3 Å². The summed E-state index contributed by atoms with van der Waals surface area (Å²) in [6.07, 6.45) is 0.853. The second-order valence-corrected chi connectivity index (χ2v) is 10.9. The first-order chi connectivity index (χ1) is 20.7.